The van der Waals surface area contributed by atoms with Crippen molar-refractivity contribution in [2.24, 2.45) is 0 Å². The number of hydrogen-bond donors (Lipinski definition) is 2. The summed E-state index contributed by atoms with van der Waals surface area (Å²) in [4.78, 5) is 44.7. The second kappa shape index (κ2) is 14.1. The average molecular weight is 652 g/mol. The number of amides is 3. The van der Waals surface area contributed by atoms with Gasteiger partial charge in [-0.1, -0.05) is 56.3 Å². The lowest BCUT2D eigenvalue weighted by Gasteiger charge is -2.35. The van der Waals surface area contributed by atoms with Crippen molar-refractivity contribution in [3.63, 3.8) is 0 Å². The van der Waals surface area contributed by atoms with E-state index >= 15 is 4.39 Å². The van der Waals surface area contributed by atoms with Gasteiger partial charge in [0.15, 0.2) is 5.82 Å². The smallest absolute Gasteiger partial charge is 0.410 e. The van der Waals surface area contributed by atoms with Gasteiger partial charge >= 0.3 is 6.09 Å². The van der Waals surface area contributed by atoms with Crippen LogP contribution < -0.4 is 10.2 Å². The summed E-state index contributed by atoms with van der Waals surface area (Å²) in [6.07, 6.45) is -2.12. The number of carbonyl (C=O) groups excluding carboxylic acids is 3. The molecule has 0 spiro atoms. The van der Waals surface area contributed by atoms with E-state index in [1.807, 2.05) is 69.9 Å². The molecule has 2 aromatic carbocycles. The van der Waals surface area contributed by atoms with Crippen molar-refractivity contribution < 1.29 is 27.9 Å². The number of H-pyrrole nitrogens is 1. The molecule has 0 saturated carbocycles. The zero-order valence-corrected chi connectivity index (χ0v) is 27.5. The summed E-state index contributed by atoms with van der Waals surface area (Å²) in [6.45, 7) is 10.7. The molecular formula is C34H43F2N7O4. The maximum Gasteiger partial charge on any atom is 0.410 e. The number of rotatable bonds is 8. The normalized spacial score (nSPS) is 19.2. The molecule has 3 unspecified atom stereocenters. The number of benzene rings is 2. The minimum Gasteiger partial charge on any atom is -0.444 e. The molecule has 11 nitrogen and oxygen atoms in total. The first kappa shape index (κ1) is 33.8. The molecule has 3 atom stereocenters. The van der Waals surface area contributed by atoms with Crippen molar-refractivity contribution in [3.8, 4) is 0 Å². The summed E-state index contributed by atoms with van der Waals surface area (Å²) in [5, 5.41) is 14.0. The van der Waals surface area contributed by atoms with Crippen molar-refractivity contribution in [1.29, 1.82) is 0 Å². The Labute approximate surface area is 273 Å². The van der Waals surface area contributed by atoms with E-state index in [0.29, 0.717) is 48.8 Å². The molecule has 252 valence electrons. The number of carbonyl (C=O) groups is 3. The van der Waals surface area contributed by atoms with E-state index < -0.39 is 35.7 Å². The Morgan fingerprint density at radius 1 is 1.02 bits per heavy atom. The van der Waals surface area contributed by atoms with E-state index in [4.69, 9.17) is 4.74 Å². The average Bonchev–Trinajstić information content (AvgIpc) is 3.65. The van der Waals surface area contributed by atoms with Gasteiger partial charge in [0.2, 0.25) is 11.8 Å². The van der Waals surface area contributed by atoms with Gasteiger partial charge < -0.3 is 24.8 Å². The third kappa shape index (κ3) is 8.06. The van der Waals surface area contributed by atoms with Crippen LogP contribution in [0, 0.1) is 5.82 Å². The number of hydrogen-bond acceptors (Lipinski definition) is 7. The van der Waals surface area contributed by atoms with Crippen LogP contribution in [0.5, 0.6) is 0 Å². The molecule has 5 rings (SSSR count). The van der Waals surface area contributed by atoms with Crippen molar-refractivity contribution in [2.75, 3.05) is 37.6 Å². The SMILES string of the molecule is CC(C)c1ccc(C(NC(=O)C2CC(F)CN2C(=O)Cc2n[nH]nc2N2CCN(C(=O)OC(C)(C)C)CC2)c2ccccc2)cc1F. The van der Waals surface area contributed by atoms with Crippen LogP contribution in [0.25, 0.3) is 0 Å². The topological polar surface area (TPSA) is 124 Å². The maximum atomic E-state index is 15.0. The van der Waals surface area contributed by atoms with Crippen molar-refractivity contribution >= 4 is 23.7 Å². The number of aromatic amines is 1. The third-order valence-corrected chi connectivity index (χ3v) is 8.42. The molecule has 2 saturated heterocycles. The summed E-state index contributed by atoms with van der Waals surface area (Å²) in [6, 6.07) is 12.3. The molecular weight excluding hydrogens is 608 g/mol. The van der Waals surface area contributed by atoms with Crippen molar-refractivity contribution in [3.05, 3.63) is 76.7 Å². The largest absolute Gasteiger partial charge is 0.444 e. The highest BCUT2D eigenvalue weighted by Gasteiger charge is 2.41. The number of ether oxygens (including phenoxy) is 1. The Morgan fingerprint density at radius 3 is 2.36 bits per heavy atom. The van der Waals surface area contributed by atoms with Gasteiger partial charge in [-0.25, -0.2) is 13.6 Å². The van der Waals surface area contributed by atoms with Gasteiger partial charge in [0.1, 0.15) is 29.3 Å². The molecule has 13 heteroatoms. The Hall–Kier alpha value is -4.55. The highest BCUT2D eigenvalue weighted by Crippen LogP contribution is 2.29. The molecule has 0 aliphatic carbocycles. The predicted molar refractivity (Wildman–Crippen MR) is 172 cm³/mol. The molecule has 2 fully saturated rings. The number of alkyl halides is 1. The van der Waals surface area contributed by atoms with Gasteiger partial charge in [-0.2, -0.15) is 10.3 Å². The van der Waals surface area contributed by atoms with Crippen LogP contribution in [0.2, 0.25) is 0 Å². The second-order valence-electron chi connectivity index (χ2n) is 13.4. The van der Waals surface area contributed by atoms with Gasteiger partial charge in [0.05, 0.1) is 19.0 Å². The van der Waals surface area contributed by atoms with Crippen LogP contribution >= 0.6 is 0 Å². The molecule has 3 heterocycles. The lowest BCUT2D eigenvalue weighted by molar-refractivity contribution is -0.138. The van der Waals surface area contributed by atoms with E-state index in [0.717, 1.165) is 5.56 Å². The highest BCUT2D eigenvalue weighted by molar-refractivity contribution is 5.90. The lowest BCUT2D eigenvalue weighted by Crippen LogP contribution is -2.50. The predicted octanol–water partition coefficient (Wildman–Crippen LogP) is 4.51. The number of nitrogens with one attached hydrogen (secondary N) is 2. The van der Waals surface area contributed by atoms with Crippen LogP contribution in [0.4, 0.5) is 19.4 Å². The zero-order chi connectivity index (χ0) is 33.9. The van der Waals surface area contributed by atoms with Gasteiger partial charge in [-0.15, -0.1) is 5.10 Å². The minimum absolute atomic E-state index is 0.0135. The molecule has 1 aromatic heterocycles. The van der Waals surface area contributed by atoms with Gasteiger partial charge in [0, 0.05) is 32.6 Å². The van der Waals surface area contributed by atoms with E-state index in [1.165, 1.54) is 11.0 Å². The lowest BCUT2D eigenvalue weighted by atomic mass is 9.94. The molecule has 2 aliphatic rings. The fourth-order valence-electron chi connectivity index (χ4n) is 6.03. The number of nitrogens with zero attached hydrogens (tertiary/aromatic N) is 5. The third-order valence-electron chi connectivity index (χ3n) is 8.42. The molecule has 2 aliphatic heterocycles. The summed E-state index contributed by atoms with van der Waals surface area (Å²) < 4.78 is 35.4. The minimum atomic E-state index is -1.38. The second-order valence-corrected chi connectivity index (χ2v) is 13.4. The first-order valence-electron chi connectivity index (χ1n) is 16.0. The molecule has 3 amide bonds. The first-order chi connectivity index (χ1) is 22.3. The van der Waals surface area contributed by atoms with E-state index in [-0.39, 0.29) is 37.2 Å². The number of piperazine rings is 1. The maximum absolute atomic E-state index is 15.0. The van der Waals surface area contributed by atoms with Crippen LogP contribution in [0.1, 0.15) is 75.4 Å². The molecule has 3 aromatic rings. The summed E-state index contributed by atoms with van der Waals surface area (Å²) >= 11 is 0. The first-order valence-corrected chi connectivity index (χ1v) is 16.0. The molecule has 47 heavy (non-hydrogen) atoms. The number of halogens is 2. The summed E-state index contributed by atoms with van der Waals surface area (Å²) in [5.74, 6) is -0.907. The summed E-state index contributed by atoms with van der Waals surface area (Å²) in [5.41, 5.74) is 1.60. The van der Waals surface area contributed by atoms with Crippen LogP contribution in [0.15, 0.2) is 48.5 Å². The highest BCUT2D eigenvalue weighted by atomic mass is 19.1. The number of aromatic nitrogens is 3. The van der Waals surface area contributed by atoms with Crippen LogP contribution in [0.3, 0.4) is 0 Å². The summed E-state index contributed by atoms with van der Waals surface area (Å²) in [7, 11) is 0. The Morgan fingerprint density at radius 2 is 1.72 bits per heavy atom. The molecule has 2 N–H and O–H groups in total. The van der Waals surface area contributed by atoms with Crippen LogP contribution in [-0.4, -0.2) is 93.7 Å². The van der Waals surface area contributed by atoms with Crippen molar-refractivity contribution in [1.82, 2.24) is 30.5 Å². The van der Waals surface area contributed by atoms with Gasteiger partial charge in [-0.3, -0.25) is 9.59 Å². The molecule has 0 radical (unpaired) electrons. The zero-order valence-electron chi connectivity index (χ0n) is 27.5. The van der Waals surface area contributed by atoms with Crippen molar-refractivity contribution in [2.45, 2.75) is 77.2 Å². The Kier molecular flexibility index (Phi) is 10.1. The fourth-order valence-corrected chi connectivity index (χ4v) is 6.03. The van der Waals surface area contributed by atoms with Gasteiger partial charge in [-0.05, 0) is 49.4 Å². The monoisotopic (exact) mass is 651 g/mol. The Balaban J connectivity index is 1.28. The Bertz CT molecular complexity index is 1570. The quantitative estimate of drug-likeness (QED) is 0.368. The fraction of sp³-hybridized carbons (Fsp3) is 0.500. The van der Waals surface area contributed by atoms with E-state index in [1.54, 1.807) is 17.0 Å². The van der Waals surface area contributed by atoms with Gasteiger partial charge in [0.25, 0.3) is 0 Å². The number of likely N-dealkylation sites (tertiary alicyclic amines) is 1. The number of anilines is 1. The van der Waals surface area contributed by atoms with E-state index in [9.17, 15) is 18.8 Å². The van der Waals surface area contributed by atoms with Crippen LogP contribution in [-0.2, 0) is 20.7 Å². The molecule has 0 bridgehead atoms. The standard InChI is InChI=1S/C34H43F2N7O4/c1-21(2)25-12-11-23(17-26(25)36)30(22-9-7-6-8-10-22)37-32(45)28-18-24(35)20-43(28)29(44)19-27-31(39-40-38-27)41-13-15-42(16-14-41)33(46)47-34(3,4)5/h6-12,17,21,24,28,30H,13-16,18-20H2,1-5H3,(H,37,45)(H,38,39,40). The van der Waals surface area contributed by atoms with E-state index in [2.05, 4.69) is 20.7 Å².